The van der Waals surface area contributed by atoms with Crippen LogP contribution in [0.5, 0.6) is 0 Å². The molecule has 0 atom stereocenters. The van der Waals surface area contributed by atoms with Crippen LogP contribution in [0.2, 0.25) is 0 Å². The van der Waals surface area contributed by atoms with E-state index in [0.717, 1.165) is 11.3 Å². The fraction of sp³-hybridized carbons (Fsp3) is 0.231. The first kappa shape index (κ1) is 14.3. The first-order valence-electron chi connectivity index (χ1n) is 5.35. The molecule has 0 unspecified atom stereocenters. The highest BCUT2D eigenvalue weighted by molar-refractivity contribution is 8.01. The molecule has 0 fully saturated rings. The quantitative estimate of drug-likeness (QED) is 0.654. The number of rotatable bonds is 5. The summed E-state index contributed by atoms with van der Waals surface area (Å²) in [7, 11) is 1.28. The number of esters is 1. The van der Waals surface area contributed by atoms with Gasteiger partial charge < -0.3 is 10.1 Å². The highest BCUT2D eigenvalue weighted by Gasteiger charge is 2.10. The number of amides is 1. The van der Waals surface area contributed by atoms with E-state index >= 15 is 0 Å². The van der Waals surface area contributed by atoms with Gasteiger partial charge in [-0.25, -0.2) is 4.79 Å². The van der Waals surface area contributed by atoms with Crippen LogP contribution in [0.25, 0.3) is 0 Å². The summed E-state index contributed by atoms with van der Waals surface area (Å²) in [6.45, 7) is 1.35. The minimum Gasteiger partial charge on any atom is -0.464 e. The Morgan fingerprint density at radius 2 is 2.00 bits per heavy atom. The van der Waals surface area contributed by atoms with E-state index < -0.39 is 5.97 Å². The third kappa shape index (κ3) is 5.05. The molecule has 0 heterocycles. The summed E-state index contributed by atoms with van der Waals surface area (Å²) in [6, 6.07) is 9.85. The number of nitrogens with one attached hydrogen (secondary N) is 1. The lowest BCUT2D eigenvalue weighted by molar-refractivity contribution is -0.137. The maximum atomic E-state index is 11.4. The lowest BCUT2D eigenvalue weighted by atomic mass is 10.2. The van der Waals surface area contributed by atoms with Crippen LogP contribution in [0.15, 0.2) is 41.4 Å². The second-order valence-electron chi connectivity index (χ2n) is 3.50. The highest BCUT2D eigenvalue weighted by Crippen LogP contribution is 2.14. The fourth-order valence-corrected chi connectivity index (χ4v) is 2.01. The summed E-state index contributed by atoms with van der Waals surface area (Å²) in [5, 5.41) is 4.04. The minimum atomic E-state index is -0.550. The third-order valence-corrected chi connectivity index (χ3v) is 2.91. The number of methoxy groups -OCH3 is 1. The van der Waals surface area contributed by atoms with Gasteiger partial charge in [0.1, 0.15) is 5.70 Å². The lowest BCUT2D eigenvalue weighted by Gasteiger charge is -2.05. The van der Waals surface area contributed by atoms with Gasteiger partial charge >= 0.3 is 5.97 Å². The smallest absolute Gasteiger partial charge is 0.355 e. The number of benzene rings is 1. The number of hydrogen-bond acceptors (Lipinski definition) is 4. The molecule has 0 radical (unpaired) electrons. The van der Waals surface area contributed by atoms with E-state index in [4.69, 9.17) is 0 Å². The number of carbonyl (C=O) groups is 2. The summed E-state index contributed by atoms with van der Waals surface area (Å²) in [6.07, 6.45) is 0. The molecular formula is C13H15NO3S. The first-order chi connectivity index (χ1) is 8.63. The summed E-state index contributed by atoms with van der Waals surface area (Å²) in [5.74, 6) is -0.126. The molecule has 1 aromatic carbocycles. The topological polar surface area (TPSA) is 55.4 Å². The van der Waals surface area contributed by atoms with Crippen molar-refractivity contribution in [1.82, 2.24) is 5.32 Å². The van der Waals surface area contributed by atoms with Gasteiger partial charge in [-0.3, -0.25) is 4.79 Å². The monoisotopic (exact) mass is 265 g/mol. The summed E-state index contributed by atoms with van der Waals surface area (Å²) in [4.78, 5) is 22.3. The molecule has 0 aromatic heterocycles. The Labute approximate surface area is 110 Å². The van der Waals surface area contributed by atoms with Gasteiger partial charge in [0.25, 0.3) is 0 Å². The Hall–Kier alpha value is -1.75. The van der Waals surface area contributed by atoms with Crippen molar-refractivity contribution in [3.05, 3.63) is 47.0 Å². The highest BCUT2D eigenvalue weighted by atomic mass is 32.2. The van der Waals surface area contributed by atoms with Crippen molar-refractivity contribution in [3.8, 4) is 0 Å². The fourth-order valence-electron chi connectivity index (χ4n) is 1.22. The Morgan fingerprint density at radius 3 is 2.56 bits per heavy atom. The molecule has 0 saturated heterocycles. The van der Waals surface area contributed by atoms with Crippen LogP contribution in [0, 0.1) is 0 Å². The predicted molar refractivity (Wildman–Crippen MR) is 71.7 cm³/mol. The number of hydrogen-bond donors (Lipinski definition) is 1. The molecule has 0 aliphatic rings. The van der Waals surface area contributed by atoms with E-state index in [2.05, 4.69) is 10.1 Å². The normalized spacial score (nSPS) is 10.9. The molecule has 0 spiro atoms. The maximum Gasteiger partial charge on any atom is 0.355 e. The molecular weight excluding hydrogens is 250 g/mol. The Bertz CT molecular complexity index is 443. The second kappa shape index (κ2) is 7.55. The van der Waals surface area contributed by atoms with Crippen LogP contribution in [0.4, 0.5) is 0 Å². The summed E-state index contributed by atoms with van der Waals surface area (Å²) >= 11 is 1.42. The van der Waals surface area contributed by atoms with Gasteiger partial charge in [-0.1, -0.05) is 30.3 Å². The van der Waals surface area contributed by atoms with Crippen molar-refractivity contribution in [2.75, 3.05) is 7.11 Å². The van der Waals surface area contributed by atoms with Gasteiger partial charge in [-0.15, -0.1) is 11.8 Å². The minimum absolute atomic E-state index is 0.158. The van der Waals surface area contributed by atoms with Crippen LogP contribution < -0.4 is 5.32 Å². The molecule has 4 nitrogen and oxygen atoms in total. The second-order valence-corrected chi connectivity index (χ2v) is 4.36. The summed E-state index contributed by atoms with van der Waals surface area (Å²) < 4.78 is 4.58. The standard InChI is InChI=1S/C13H15NO3S/c1-10(15)14-12(13(16)17-2)9-18-8-11-6-4-3-5-7-11/h3-7,9H,8H2,1-2H3,(H,14,15)/b12-9-. The van der Waals surface area contributed by atoms with E-state index in [1.807, 2.05) is 30.3 Å². The van der Waals surface area contributed by atoms with Gasteiger partial charge in [-0.2, -0.15) is 0 Å². The van der Waals surface area contributed by atoms with Gasteiger partial charge in [0.2, 0.25) is 5.91 Å². The van der Waals surface area contributed by atoms with Crippen molar-refractivity contribution in [2.45, 2.75) is 12.7 Å². The van der Waals surface area contributed by atoms with Crippen molar-refractivity contribution >= 4 is 23.6 Å². The van der Waals surface area contributed by atoms with Crippen LogP contribution in [0.3, 0.4) is 0 Å². The molecule has 1 N–H and O–H groups in total. The third-order valence-electron chi connectivity index (χ3n) is 2.01. The van der Waals surface area contributed by atoms with Crippen molar-refractivity contribution in [2.24, 2.45) is 0 Å². The van der Waals surface area contributed by atoms with Crippen LogP contribution in [-0.2, 0) is 20.1 Å². The first-order valence-corrected chi connectivity index (χ1v) is 6.40. The zero-order chi connectivity index (χ0) is 13.4. The van der Waals surface area contributed by atoms with Crippen molar-refractivity contribution in [1.29, 1.82) is 0 Å². The van der Waals surface area contributed by atoms with Gasteiger partial charge in [0, 0.05) is 18.1 Å². The van der Waals surface area contributed by atoms with Gasteiger partial charge in [0.05, 0.1) is 7.11 Å². The molecule has 96 valence electrons. The van der Waals surface area contributed by atoms with E-state index in [0.29, 0.717) is 0 Å². The van der Waals surface area contributed by atoms with Gasteiger partial charge in [-0.05, 0) is 5.56 Å². The zero-order valence-corrected chi connectivity index (χ0v) is 11.1. The Balaban J connectivity index is 2.60. The molecule has 1 rings (SSSR count). The van der Waals surface area contributed by atoms with Crippen molar-refractivity contribution in [3.63, 3.8) is 0 Å². The Kier molecular flexibility index (Phi) is 6.00. The maximum absolute atomic E-state index is 11.4. The number of carbonyl (C=O) groups excluding carboxylic acids is 2. The molecule has 0 aliphatic carbocycles. The van der Waals surface area contributed by atoms with Crippen LogP contribution in [0.1, 0.15) is 12.5 Å². The molecule has 5 heteroatoms. The molecule has 1 amide bonds. The van der Waals surface area contributed by atoms with E-state index in [1.165, 1.54) is 25.8 Å². The zero-order valence-electron chi connectivity index (χ0n) is 10.3. The van der Waals surface area contributed by atoms with Crippen LogP contribution in [-0.4, -0.2) is 19.0 Å². The van der Waals surface area contributed by atoms with E-state index in [9.17, 15) is 9.59 Å². The Morgan fingerprint density at radius 1 is 1.33 bits per heavy atom. The largest absolute Gasteiger partial charge is 0.464 e. The number of thioether (sulfide) groups is 1. The summed E-state index contributed by atoms with van der Waals surface area (Å²) in [5.41, 5.74) is 1.30. The van der Waals surface area contributed by atoms with Gasteiger partial charge in [0.15, 0.2) is 0 Å². The lowest BCUT2D eigenvalue weighted by Crippen LogP contribution is -2.25. The van der Waals surface area contributed by atoms with E-state index in [-0.39, 0.29) is 11.6 Å². The molecule has 0 bridgehead atoms. The average molecular weight is 265 g/mol. The number of ether oxygens (including phenoxy) is 1. The predicted octanol–water partition coefficient (Wildman–Crippen LogP) is 2.07. The van der Waals surface area contributed by atoms with Crippen molar-refractivity contribution < 1.29 is 14.3 Å². The molecule has 0 saturated carbocycles. The van der Waals surface area contributed by atoms with E-state index in [1.54, 1.807) is 5.41 Å². The molecule has 18 heavy (non-hydrogen) atoms. The molecule has 1 aromatic rings. The average Bonchev–Trinajstić information content (AvgIpc) is 2.37. The van der Waals surface area contributed by atoms with Crippen LogP contribution >= 0.6 is 11.8 Å². The SMILES string of the molecule is COC(=O)/C(=C/SCc1ccccc1)NC(C)=O. The molecule has 0 aliphatic heterocycles.